The van der Waals surface area contributed by atoms with Crippen molar-refractivity contribution in [3.63, 3.8) is 0 Å². The molecule has 102 valence electrons. The first-order valence-corrected chi connectivity index (χ1v) is 7.82. The molecule has 0 saturated carbocycles. The van der Waals surface area contributed by atoms with Crippen molar-refractivity contribution in [2.75, 3.05) is 0 Å². The first kappa shape index (κ1) is 15.3. The molecule has 0 nitrogen and oxygen atoms in total. The van der Waals surface area contributed by atoms with Gasteiger partial charge in [0.15, 0.2) is 0 Å². The maximum absolute atomic E-state index is 2.32. The number of rotatable bonds is 9. The van der Waals surface area contributed by atoms with E-state index in [-0.39, 0.29) is 0 Å². The summed E-state index contributed by atoms with van der Waals surface area (Å²) in [6, 6.07) is 8.81. The fraction of sp³-hybridized carbons (Fsp3) is 0.667. The fourth-order valence-electron chi connectivity index (χ4n) is 2.89. The smallest absolute Gasteiger partial charge is 0.0276 e. The molecule has 0 atom stereocenters. The lowest BCUT2D eigenvalue weighted by atomic mass is 9.91. The van der Waals surface area contributed by atoms with Crippen LogP contribution in [0.2, 0.25) is 0 Å². The van der Waals surface area contributed by atoms with E-state index in [2.05, 4.69) is 45.0 Å². The third kappa shape index (κ3) is 5.71. The van der Waals surface area contributed by atoms with Gasteiger partial charge >= 0.3 is 0 Å². The topological polar surface area (TPSA) is 0 Å². The Hall–Kier alpha value is -0.780. The van der Waals surface area contributed by atoms with Crippen molar-refractivity contribution in [1.29, 1.82) is 0 Å². The van der Waals surface area contributed by atoms with Crippen molar-refractivity contribution in [1.82, 2.24) is 0 Å². The summed E-state index contributed by atoms with van der Waals surface area (Å²) in [5.74, 6) is 0.983. The Bertz CT molecular complexity index is 308. The maximum Gasteiger partial charge on any atom is -0.0276 e. The van der Waals surface area contributed by atoms with Gasteiger partial charge in [-0.05, 0) is 36.8 Å². The summed E-state index contributed by atoms with van der Waals surface area (Å²) in [6.07, 6.45) is 11.0. The van der Waals surface area contributed by atoms with Gasteiger partial charge in [0.1, 0.15) is 0 Å². The number of unbranched alkanes of at least 4 members (excludes halogenated alkanes) is 1. The molecule has 0 spiro atoms. The number of aryl methyl sites for hydroxylation is 2. The number of benzene rings is 1. The fourth-order valence-corrected chi connectivity index (χ4v) is 2.89. The highest BCUT2D eigenvalue weighted by molar-refractivity contribution is 5.25. The zero-order chi connectivity index (χ0) is 13.2. The normalized spacial score (nSPS) is 11.1. The van der Waals surface area contributed by atoms with Crippen LogP contribution < -0.4 is 0 Å². The second kappa shape index (κ2) is 9.19. The average Bonchev–Trinajstić information content (AvgIpc) is 2.37. The molecular weight excluding hydrogens is 216 g/mol. The molecule has 0 N–H and O–H groups in total. The Kier molecular flexibility index (Phi) is 7.80. The largest absolute Gasteiger partial charge is 0.0654 e. The van der Waals surface area contributed by atoms with Crippen LogP contribution >= 0.6 is 0 Å². The monoisotopic (exact) mass is 246 g/mol. The summed E-state index contributed by atoms with van der Waals surface area (Å²) in [6.45, 7) is 6.86. The van der Waals surface area contributed by atoms with E-state index >= 15 is 0 Å². The highest BCUT2D eigenvalue weighted by atomic mass is 14.1. The van der Waals surface area contributed by atoms with E-state index in [4.69, 9.17) is 0 Å². The number of hydrogen-bond acceptors (Lipinski definition) is 0. The summed E-state index contributed by atoms with van der Waals surface area (Å²) < 4.78 is 0. The van der Waals surface area contributed by atoms with E-state index in [9.17, 15) is 0 Å². The molecule has 0 aliphatic carbocycles. The molecule has 0 saturated heterocycles. The quantitative estimate of drug-likeness (QED) is 0.474. The van der Waals surface area contributed by atoms with Crippen molar-refractivity contribution in [3.05, 3.63) is 35.4 Å². The van der Waals surface area contributed by atoms with Crippen LogP contribution in [0.3, 0.4) is 0 Å². The van der Waals surface area contributed by atoms with Gasteiger partial charge in [-0.25, -0.2) is 0 Å². The van der Waals surface area contributed by atoms with E-state index in [1.165, 1.54) is 56.9 Å². The summed E-state index contributed by atoms with van der Waals surface area (Å²) in [5, 5.41) is 0. The highest BCUT2D eigenvalue weighted by Crippen LogP contribution is 2.21. The molecule has 0 fully saturated rings. The number of hydrogen-bond donors (Lipinski definition) is 0. The van der Waals surface area contributed by atoms with Gasteiger partial charge in [0.05, 0.1) is 0 Å². The van der Waals surface area contributed by atoms with Crippen molar-refractivity contribution in [2.24, 2.45) is 5.92 Å². The molecule has 0 bridgehead atoms. The van der Waals surface area contributed by atoms with Crippen LogP contribution in [0.4, 0.5) is 0 Å². The van der Waals surface area contributed by atoms with E-state index in [1.807, 2.05) is 0 Å². The summed E-state index contributed by atoms with van der Waals surface area (Å²) >= 11 is 0. The second-order valence-corrected chi connectivity index (χ2v) is 5.62. The van der Waals surface area contributed by atoms with E-state index < -0.39 is 0 Å². The SMILES string of the molecule is CCCC(CCC)CCCCc1ccccc1C. The Balaban J connectivity index is 2.23. The molecule has 1 rings (SSSR count). The third-order valence-corrected chi connectivity index (χ3v) is 3.96. The minimum Gasteiger partial charge on any atom is -0.0654 e. The molecular formula is C18H30. The average molecular weight is 246 g/mol. The van der Waals surface area contributed by atoms with Crippen molar-refractivity contribution in [3.8, 4) is 0 Å². The van der Waals surface area contributed by atoms with Crippen LogP contribution in [0.5, 0.6) is 0 Å². The van der Waals surface area contributed by atoms with Crippen LogP contribution in [0.15, 0.2) is 24.3 Å². The first-order chi connectivity index (χ1) is 8.77. The Morgan fingerprint density at radius 1 is 0.889 bits per heavy atom. The van der Waals surface area contributed by atoms with Crippen LogP contribution in [0.1, 0.15) is 69.9 Å². The molecule has 0 aromatic heterocycles. The Labute approximate surface area is 114 Å². The van der Waals surface area contributed by atoms with Gasteiger partial charge in [0.25, 0.3) is 0 Å². The Morgan fingerprint density at radius 2 is 1.56 bits per heavy atom. The van der Waals surface area contributed by atoms with Crippen LogP contribution in [-0.4, -0.2) is 0 Å². The summed E-state index contributed by atoms with van der Waals surface area (Å²) in [5.41, 5.74) is 3.00. The van der Waals surface area contributed by atoms with Crippen molar-refractivity contribution >= 4 is 0 Å². The lowest BCUT2D eigenvalue weighted by Crippen LogP contribution is -2.00. The highest BCUT2D eigenvalue weighted by Gasteiger charge is 2.06. The van der Waals surface area contributed by atoms with Crippen LogP contribution in [0.25, 0.3) is 0 Å². The maximum atomic E-state index is 2.32. The third-order valence-electron chi connectivity index (χ3n) is 3.96. The molecule has 18 heavy (non-hydrogen) atoms. The Morgan fingerprint density at radius 3 is 2.17 bits per heavy atom. The predicted molar refractivity (Wildman–Crippen MR) is 82.0 cm³/mol. The van der Waals surface area contributed by atoms with Crippen LogP contribution in [-0.2, 0) is 6.42 Å². The molecule has 0 aliphatic heterocycles. The lowest BCUT2D eigenvalue weighted by Gasteiger charge is -2.15. The zero-order valence-corrected chi connectivity index (χ0v) is 12.5. The molecule has 0 aliphatic rings. The van der Waals surface area contributed by atoms with E-state index in [1.54, 1.807) is 5.56 Å². The van der Waals surface area contributed by atoms with E-state index in [0.29, 0.717) is 0 Å². The first-order valence-electron chi connectivity index (χ1n) is 7.82. The molecule has 0 radical (unpaired) electrons. The van der Waals surface area contributed by atoms with Gasteiger partial charge < -0.3 is 0 Å². The molecule has 0 heterocycles. The van der Waals surface area contributed by atoms with Gasteiger partial charge in [0.2, 0.25) is 0 Å². The minimum absolute atomic E-state index is 0.983. The van der Waals surface area contributed by atoms with Crippen molar-refractivity contribution < 1.29 is 0 Å². The molecule has 0 amide bonds. The molecule has 0 unspecified atom stereocenters. The van der Waals surface area contributed by atoms with Gasteiger partial charge in [0, 0.05) is 0 Å². The predicted octanol–water partition coefficient (Wildman–Crippen LogP) is 5.92. The van der Waals surface area contributed by atoms with Gasteiger partial charge in [-0.2, -0.15) is 0 Å². The zero-order valence-electron chi connectivity index (χ0n) is 12.5. The van der Waals surface area contributed by atoms with Gasteiger partial charge in [-0.15, -0.1) is 0 Å². The summed E-state index contributed by atoms with van der Waals surface area (Å²) in [7, 11) is 0. The summed E-state index contributed by atoms with van der Waals surface area (Å²) in [4.78, 5) is 0. The van der Waals surface area contributed by atoms with Gasteiger partial charge in [-0.3, -0.25) is 0 Å². The molecule has 1 aromatic carbocycles. The van der Waals surface area contributed by atoms with E-state index in [0.717, 1.165) is 5.92 Å². The second-order valence-electron chi connectivity index (χ2n) is 5.62. The van der Waals surface area contributed by atoms with Crippen LogP contribution in [0, 0.1) is 12.8 Å². The minimum atomic E-state index is 0.983. The van der Waals surface area contributed by atoms with Crippen molar-refractivity contribution in [2.45, 2.75) is 72.1 Å². The standard InChI is InChI=1S/C18H30/c1-4-10-17(11-5-2)13-7-9-15-18-14-8-6-12-16(18)3/h6,8,12,14,17H,4-5,7,9-11,13,15H2,1-3H3. The molecule has 0 heteroatoms. The molecule has 1 aromatic rings. The van der Waals surface area contributed by atoms with Gasteiger partial charge in [-0.1, -0.05) is 76.6 Å². The lowest BCUT2D eigenvalue weighted by molar-refractivity contribution is 0.395.